The van der Waals surface area contributed by atoms with Crippen LogP contribution >= 0.6 is 0 Å². The number of hydrogen-bond acceptors (Lipinski definition) is 1. The van der Waals surface area contributed by atoms with Gasteiger partial charge in [0.25, 0.3) is 0 Å². The van der Waals surface area contributed by atoms with Gasteiger partial charge in [-0.25, -0.2) is 8.78 Å². The molecule has 0 amide bonds. The van der Waals surface area contributed by atoms with E-state index in [9.17, 15) is 8.78 Å². The number of allylic oxidation sites excluding steroid dienone is 3. The molecule has 0 aliphatic heterocycles. The Hall–Kier alpha value is -1.30. The predicted octanol–water partition coefficient (Wildman–Crippen LogP) is 3.00. The van der Waals surface area contributed by atoms with Gasteiger partial charge in [-0.3, -0.25) is 0 Å². The van der Waals surface area contributed by atoms with Crippen LogP contribution in [0.1, 0.15) is 13.8 Å². The second-order valence-corrected chi connectivity index (χ2v) is 2.92. The first kappa shape index (κ1) is 12.7. The maximum atomic E-state index is 13.3. The first-order valence-corrected chi connectivity index (χ1v) is 4.31. The molecule has 0 fully saturated rings. The van der Waals surface area contributed by atoms with Crippen LogP contribution in [-0.4, -0.2) is 13.3 Å². The molecule has 0 unspecified atom stereocenters. The lowest BCUT2D eigenvalue weighted by molar-refractivity contribution is 0.247. The van der Waals surface area contributed by atoms with Crippen molar-refractivity contribution in [2.45, 2.75) is 13.8 Å². The SMILES string of the molecule is C#CCOC(C=CCF)=C(F)C(C)C. The smallest absolute Gasteiger partial charge is 0.152 e. The second-order valence-electron chi connectivity index (χ2n) is 2.92. The van der Waals surface area contributed by atoms with Crippen molar-refractivity contribution in [1.29, 1.82) is 0 Å². The highest BCUT2D eigenvalue weighted by Crippen LogP contribution is 2.18. The van der Waals surface area contributed by atoms with Crippen LogP contribution < -0.4 is 0 Å². The second kappa shape index (κ2) is 7.14. The zero-order valence-corrected chi connectivity index (χ0v) is 8.39. The van der Waals surface area contributed by atoms with E-state index in [-0.39, 0.29) is 18.3 Å². The Labute approximate surface area is 83.5 Å². The summed E-state index contributed by atoms with van der Waals surface area (Å²) >= 11 is 0. The van der Waals surface area contributed by atoms with E-state index in [0.717, 1.165) is 0 Å². The summed E-state index contributed by atoms with van der Waals surface area (Å²) in [6.45, 7) is 2.68. The van der Waals surface area contributed by atoms with Gasteiger partial charge in [-0.05, 0) is 6.08 Å². The molecule has 0 heterocycles. The lowest BCUT2D eigenvalue weighted by Crippen LogP contribution is -1.98. The van der Waals surface area contributed by atoms with Crippen LogP contribution in [0.25, 0.3) is 0 Å². The molecule has 0 aromatic heterocycles. The summed E-state index contributed by atoms with van der Waals surface area (Å²) in [5.74, 6) is 1.50. The fourth-order valence-electron chi connectivity index (χ4n) is 0.752. The Morgan fingerprint density at radius 1 is 1.57 bits per heavy atom. The molecular weight excluding hydrogens is 186 g/mol. The van der Waals surface area contributed by atoms with Gasteiger partial charge in [-0.2, -0.15) is 0 Å². The highest BCUT2D eigenvalue weighted by molar-refractivity contribution is 5.17. The van der Waals surface area contributed by atoms with E-state index in [1.165, 1.54) is 12.2 Å². The van der Waals surface area contributed by atoms with Crippen molar-refractivity contribution in [2.24, 2.45) is 5.92 Å². The van der Waals surface area contributed by atoms with Crippen LogP contribution in [0.3, 0.4) is 0 Å². The summed E-state index contributed by atoms with van der Waals surface area (Å²) in [6, 6.07) is 0. The van der Waals surface area contributed by atoms with E-state index in [1.807, 2.05) is 0 Å². The van der Waals surface area contributed by atoms with Crippen molar-refractivity contribution in [3.05, 3.63) is 23.7 Å². The van der Waals surface area contributed by atoms with Crippen molar-refractivity contribution in [3.63, 3.8) is 0 Å². The highest BCUT2D eigenvalue weighted by Gasteiger charge is 2.08. The summed E-state index contributed by atoms with van der Waals surface area (Å²) in [4.78, 5) is 0. The van der Waals surface area contributed by atoms with E-state index >= 15 is 0 Å². The standard InChI is InChI=1S/C11H14F2O/c1-4-8-14-10(6-5-7-12)11(13)9(2)3/h1,5-6,9H,7-8H2,2-3H3. The van der Waals surface area contributed by atoms with Gasteiger partial charge in [-0.15, -0.1) is 6.42 Å². The Balaban J connectivity index is 4.62. The maximum Gasteiger partial charge on any atom is 0.152 e. The van der Waals surface area contributed by atoms with Gasteiger partial charge in [0.05, 0.1) is 0 Å². The molecule has 0 radical (unpaired) electrons. The summed E-state index contributed by atoms with van der Waals surface area (Å²) in [5, 5.41) is 0. The third-order valence-corrected chi connectivity index (χ3v) is 1.41. The first-order chi connectivity index (χ1) is 6.63. The van der Waals surface area contributed by atoms with E-state index in [4.69, 9.17) is 11.2 Å². The zero-order chi connectivity index (χ0) is 11.0. The van der Waals surface area contributed by atoms with Crippen molar-refractivity contribution in [1.82, 2.24) is 0 Å². The molecule has 3 heteroatoms. The number of halogens is 2. The van der Waals surface area contributed by atoms with Crippen molar-refractivity contribution in [3.8, 4) is 12.3 Å². The lowest BCUT2D eigenvalue weighted by atomic mass is 10.1. The summed E-state index contributed by atoms with van der Waals surface area (Å²) in [7, 11) is 0. The quantitative estimate of drug-likeness (QED) is 0.376. The average molecular weight is 200 g/mol. The van der Waals surface area contributed by atoms with Crippen LogP contribution in [0, 0.1) is 18.3 Å². The molecule has 14 heavy (non-hydrogen) atoms. The zero-order valence-electron chi connectivity index (χ0n) is 8.39. The molecule has 0 aromatic carbocycles. The number of ether oxygens (including phenoxy) is 1. The molecule has 0 N–H and O–H groups in total. The van der Waals surface area contributed by atoms with E-state index in [0.29, 0.717) is 0 Å². The molecule has 78 valence electrons. The van der Waals surface area contributed by atoms with Gasteiger partial charge >= 0.3 is 0 Å². The predicted molar refractivity (Wildman–Crippen MR) is 52.9 cm³/mol. The van der Waals surface area contributed by atoms with Crippen molar-refractivity contribution < 1.29 is 13.5 Å². The lowest BCUT2D eigenvalue weighted by Gasteiger charge is -2.08. The van der Waals surface area contributed by atoms with Gasteiger partial charge in [0.1, 0.15) is 19.1 Å². The number of alkyl halides is 1. The molecule has 0 atom stereocenters. The van der Waals surface area contributed by atoms with Crippen LogP contribution in [0.15, 0.2) is 23.7 Å². The van der Waals surface area contributed by atoms with Gasteiger partial charge in [-0.1, -0.05) is 25.8 Å². The topological polar surface area (TPSA) is 9.23 Å². The van der Waals surface area contributed by atoms with Gasteiger partial charge in [0.2, 0.25) is 0 Å². The number of rotatable bonds is 5. The minimum absolute atomic E-state index is 0.00981. The Morgan fingerprint density at radius 2 is 2.21 bits per heavy atom. The summed E-state index contributed by atoms with van der Waals surface area (Å²) in [6.07, 6.45) is 7.39. The molecule has 0 saturated heterocycles. The molecule has 0 rings (SSSR count). The molecule has 0 bridgehead atoms. The summed E-state index contributed by atoms with van der Waals surface area (Å²) in [5.41, 5.74) is 0. The maximum absolute atomic E-state index is 13.3. The largest absolute Gasteiger partial charge is 0.478 e. The van der Waals surface area contributed by atoms with Gasteiger partial charge in [0, 0.05) is 5.92 Å². The van der Waals surface area contributed by atoms with Crippen molar-refractivity contribution in [2.75, 3.05) is 13.3 Å². The number of hydrogen-bond donors (Lipinski definition) is 0. The molecular formula is C11H14F2O. The minimum Gasteiger partial charge on any atom is -0.478 e. The Kier molecular flexibility index (Phi) is 6.47. The fraction of sp³-hybridized carbons (Fsp3) is 0.455. The molecule has 0 aromatic rings. The van der Waals surface area contributed by atoms with Crippen LogP contribution in [-0.2, 0) is 4.74 Å². The molecule has 1 nitrogen and oxygen atoms in total. The van der Waals surface area contributed by atoms with E-state index in [2.05, 4.69) is 5.92 Å². The Morgan fingerprint density at radius 3 is 2.64 bits per heavy atom. The highest BCUT2D eigenvalue weighted by atomic mass is 19.1. The van der Waals surface area contributed by atoms with Crippen molar-refractivity contribution >= 4 is 0 Å². The third kappa shape index (κ3) is 4.66. The summed E-state index contributed by atoms with van der Waals surface area (Å²) < 4.78 is 30.1. The fourth-order valence-corrected chi connectivity index (χ4v) is 0.752. The molecule has 0 aliphatic carbocycles. The van der Waals surface area contributed by atoms with E-state index in [1.54, 1.807) is 13.8 Å². The minimum atomic E-state index is -0.658. The third-order valence-electron chi connectivity index (χ3n) is 1.41. The average Bonchev–Trinajstić information content (AvgIpc) is 2.17. The van der Waals surface area contributed by atoms with Crippen LogP contribution in [0.5, 0.6) is 0 Å². The van der Waals surface area contributed by atoms with Crippen LogP contribution in [0.2, 0.25) is 0 Å². The molecule has 0 aliphatic rings. The normalized spacial score (nSPS) is 12.9. The Bertz CT molecular complexity index is 259. The monoisotopic (exact) mass is 200 g/mol. The van der Waals surface area contributed by atoms with Crippen LogP contribution in [0.4, 0.5) is 8.78 Å². The van der Waals surface area contributed by atoms with E-state index < -0.39 is 12.5 Å². The van der Waals surface area contributed by atoms with Gasteiger partial charge < -0.3 is 4.74 Å². The first-order valence-electron chi connectivity index (χ1n) is 4.31. The number of terminal acetylenes is 1. The molecule has 0 saturated carbocycles. The van der Waals surface area contributed by atoms with Gasteiger partial charge in [0.15, 0.2) is 5.76 Å². The molecule has 0 spiro atoms.